The lowest BCUT2D eigenvalue weighted by atomic mass is 9.98. The molecule has 0 unspecified atom stereocenters. The van der Waals surface area contributed by atoms with Crippen molar-refractivity contribution in [3.05, 3.63) is 53.4 Å². The van der Waals surface area contributed by atoms with E-state index in [1.54, 1.807) is 16.8 Å². The Morgan fingerprint density at radius 2 is 2.20 bits per heavy atom. The zero-order valence-corrected chi connectivity index (χ0v) is 17.0. The van der Waals surface area contributed by atoms with Gasteiger partial charge in [0.05, 0.1) is 18.4 Å². The van der Waals surface area contributed by atoms with Gasteiger partial charge in [0.25, 0.3) is 5.91 Å². The van der Waals surface area contributed by atoms with Crippen molar-refractivity contribution in [2.75, 3.05) is 18.0 Å². The van der Waals surface area contributed by atoms with Crippen molar-refractivity contribution in [3.63, 3.8) is 0 Å². The second kappa shape index (κ2) is 7.32. The lowest BCUT2D eigenvalue weighted by Crippen LogP contribution is -2.48. The van der Waals surface area contributed by atoms with Gasteiger partial charge in [-0.05, 0) is 37.5 Å². The molecule has 1 N–H and O–H groups in total. The Balaban J connectivity index is 1.70. The minimum atomic E-state index is -0.334. The van der Waals surface area contributed by atoms with Crippen LogP contribution in [-0.2, 0) is 6.42 Å². The Morgan fingerprint density at radius 3 is 3.03 bits per heavy atom. The predicted molar refractivity (Wildman–Crippen MR) is 110 cm³/mol. The largest absolute Gasteiger partial charge is 0.349 e. The number of hydrazine groups is 1. The van der Waals surface area contributed by atoms with Crippen LogP contribution in [0.4, 0.5) is 10.2 Å². The van der Waals surface area contributed by atoms with Gasteiger partial charge >= 0.3 is 0 Å². The van der Waals surface area contributed by atoms with Crippen LogP contribution < -0.4 is 10.3 Å². The molecule has 0 aliphatic carbocycles. The Bertz CT molecular complexity index is 1110. The number of carbonyl (C=O) groups is 1. The molecule has 5 heterocycles. The fourth-order valence-corrected chi connectivity index (χ4v) is 4.57. The highest BCUT2D eigenvalue weighted by molar-refractivity contribution is 5.99. The quantitative estimate of drug-likeness (QED) is 0.665. The van der Waals surface area contributed by atoms with Crippen molar-refractivity contribution in [3.8, 4) is 0 Å². The highest BCUT2D eigenvalue weighted by Gasteiger charge is 2.32. The number of anilines is 1. The van der Waals surface area contributed by atoms with E-state index < -0.39 is 0 Å². The minimum Gasteiger partial charge on any atom is -0.349 e. The number of pyridine rings is 1. The first kappa shape index (κ1) is 18.9. The monoisotopic (exact) mass is 409 g/mol. The summed E-state index contributed by atoms with van der Waals surface area (Å²) >= 11 is 0. The third-order valence-electron chi connectivity index (χ3n) is 6.08. The van der Waals surface area contributed by atoms with Gasteiger partial charge in [-0.2, -0.15) is 5.10 Å². The Kier molecular flexibility index (Phi) is 4.62. The molecule has 156 valence electrons. The lowest BCUT2D eigenvalue weighted by molar-refractivity contribution is 0.0719. The summed E-state index contributed by atoms with van der Waals surface area (Å²) < 4.78 is 15.8. The normalized spacial score (nSPS) is 22.2. The third-order valence-corrected chi connectivity index (χ3v) is 6.08. The maximum Gasteiger partial charge on any atom is 0.271 e. The zero-order valence-electron chi connectivity index (χ0n) is 17.0. The maximum atomic E-state index is 14.2. The molecule has 3 aromatic rings. The van der Waals surface area contributed by atoms with E-state index in [0.717, 1.165) is 36.5 Å². The van der Waals surface area contributed by atoms with E-state index in [4.69, 9.17) is 4.98 Å². The fraction of sp³-hybridized carbons (Fsp3) is 0.429. The number of nitrogens with one attached hydrogen (secondary N) is 1. The van der Waals surface area contributed by atoms with Crippen LogP contribution in [0.15, 0.2) is 30.7 Å². The van der Waals surface area contributed by atoms with Crippen molar-refractivity contribution in [2.24, 2.45) is 0 Å². The molecule has 2 atom stereocenters. The lowest BCUT2D eigenvalue weighted by Gasteiger charge is -2.30. The number of hydrogen-bond donors (Lipinski definition) is 1. The summed E-state index contributed by atoms with van der Waals surface area (Å²) in [4.78, 5) is 24.4. The molecule has 0 aromatic carbocycles. The van der Waals surface area contributed by atoms with E-state index >= 15 is 0 Å². The van der Waals surface area contributed by atoms with Crippen molar-refractivity contribution in [1.82, 2.24) is 30.0 Å². The maximum absolute atomic E-state index is 14.2. The number of carbonyl (C=O) groups excluding carboxylic acids is 1. The Morgan fingerprint density at radius 1 is 1.33 bits per heavy atom. The number of halogens is 1. The highest BCUT2D eigenvalue weighted by Crippen LogP contribution is 2.37. The molecule has 2 bridgehead atoms. The highest BCUT2D eigenvalue weighted by atomic mass is 19.1. The summed E-state index contributed by atoms with van der Waals surface area (Å²) in [7, 11) is 0. The molecular weight excluding hydrogens is 385 g/mol. The molecule has 30 heavy (non-hydrogen) atoms. The van der Waals surface area contributed by atoms with E-state index in [0.29, 0.717) is 24.2 Å². The van der Waals surface area contributed by atoms with Crippen molar-refractivity contribution in [1.29, 1.82) is 0 Å². The minimum absolute atomic E-state index is 0.00351. The number of likely N-dealkylation sites (N-methyl/N-ethyl adjacent to an activating group) is 1. The van der Waals surface area contributed by atoms with E-state index in [2.05, 4.69) is 20.4 Å². The van der Waals surface area contributed by atoms with Gasteiger partial charge in [0.1, 0.15) is 17.2 Å². The van der Waals surface area contributed by atoms with Gasteiger partial charge < -0.3 is 4.90 Å². The second-order valence-corrected chi connectivity index (χ2v) is 7.93. The standard InChI is InChI=1S/C21H24FN7O/c1-3-28-13(2)9-17-15(10-14(22)11-23-17)18-5-4-7-27(18)19-6-8-29-20(25-19)16(12-24-29)21(30)26-28/h6,8,10-13,18H,3-5,7,9H2,1-2H3,(H,26,30)/t13-,18+/m0/s1. The molecule has 0 saturated carbocycles. The first-order valence-electron chi connectivity index (χ1n) is 10.4. The molecule has 2 aliphatic heterocycles. The molecule has 5 rings (SSSR count). The van der Waals surface area contributed by atoms with Gasteiger partial charge in [-0.25, -0.2) is 18.9 Å². The SMILES string of the molecule is CCN1NC(=O)c2cnn3ccc(nc23)N2CCC[C@@H]2c2cc(F)cnc2C[C@@H]1C. The molecular formula is C21H24FN7O. The third kappa shape index (κ3) is 3.09. The number of nitrogens with zero attached hydrogens (tertiary/aromatic N) is 6. The van der Waals surface area contributed by atoms with Gasteiger partial charge in [-0.1, -0.05) is 6.92 Å². The van der Waals surface area contributed by atoms with Crippen molar-refractivity contribution in [2.45, 2.75) is 45.2 Å². The number of fused-ring (bicyclic) bond motifs is 5. The number of amides is 1. The summed E-state index contributed by atoms with van der Waals surface area (Å²) in [5, 5.41) is 6.17. The first-order valence-corrected chi connectivity index (χ1v) is 10.4. The molecule has 0 radical (unpaired) electrons. The van der Waals surface area contributed by atoms with Gasteiger partial charge in [-0.3, -0.25) is 15.2 Å². The molecule has 1 saturated heterocycles. The number of hydrogen-bond acceptors (Lipinski definition) is 6. The molecule has 0 spiro atoms. The van der Waals surface area contributed by atoms with Gasteiger partial charge in [0.2, 0.25) is 0 Å². The van der Waals surface area contributed by atoms with E-state index in [-0.39, 0.29) is 23.8 Å². The van der Waals surface area contributed by atoms with Crippen LogP contribution >= 0.6 is 0 Å². The van der Waals surface area contributed by atoms with Gasteiger partial charge in [0.15, 0.2) is 5.65 Å². The van der Waals surface area contributed by atoms with E-state index in [1.165, 1.54) is 6.20 Å². The number of aromatic nitrogens is 4. The van der Waals surface area contributed by atoms with Crippen LogP contribution in [-0.4, -0.2) is 49.6 Å². The Labute approximate surface area is 173 Å². The fourth-order valence-electron chi connectivity index (χ4n) is 4.57. The molecule has 3 aromatic heterocycles. The van der Waals surface area contributed by atoms with E-state index in [9.17, 15) is 9.18 Å². The van der Waals surface area contributed by atoms with Gasteiger partial charge in [0, 0.05) is 37.4 Å². The molecule has 8 nitrogen and oxygen atoms in total. The van der Waals surface area contributed by atoms with Crippen LogP contribution in [0.25, 0.3) is 5.65 Å². The summed E-state index contributed by atoms with van der Waals surface area (Å²) in [6.07, 6.45) is 7.13. The van der Waals surface area contributed by atoms with Crippen LogP contribution in [0.3, 0.4) is 0 Å². The summed E-state index contributed by atoms with van der Waals surface area (Å²) in [5.74, 6) is 0.182. The van der Waals surface area contributed by atoms with Crippen molar-refractivity contribution >= 4 is 17.4 Å². The summed E-state index contributed by atoms with van der Waals surface area (Å²) in [6, 6.07) is 3.48. The summed E-state index contributed by atoms with van der Waals surface area (Å²) in [6.45, 7) is 5.46. The van der Waals surface area contributed by atoms with Crippen LogP contribution in [0, 0.1) is 5.82 Å². The molecule has 1 fully saturated rings. The average molecular weight is 409 g/mol. The molecule has 2 aliphatic rings. The number of rotatable bonds is 1. The average Bonchev–Trinajstić information content (AvgIpc) is 3.39. The van der Waals surface area contributed by atoms with Gasteiger partial charge in [-0.15, -0.1) is 0 Å². The Hall–Kier alpha value is -3.07. The van der Waals surface area contributed by atoms with Crippen LogP contribution in [0.1, 0.15) is 54.3 Å². The predicted octanol–water partition coefficient (Wildman–Crippen LogP) is 2.52. The molecule has 1 amide bonds. The van der Waals surface area contributed by atoms with Crippen molar-refractivity contribution < 1.29 is 9.18 Å². The van der Waals surface area contributed by atoms with Crippen LogP contribution in [0.2, 0.25) is 0 Å². The molecule has 9 heteroatoms. The topological polar surface area (TPSA) is 78.7 Å². The second-order valence-electron chi connectivity index (χ2n) is 7.93. The van der Waals surface area contributed by atoms with Crippen LogP contribution in [0.5, 0.6) is 0 Å². The summed E-state index contributed by atoms with van der Waals surface area (Å²) in [5.41, 5.74) is 5.69. The zero-order chi connectivity index (χ0) is 20.8. The smallest absolute Gasteiger partial charge is 0.271 e. The first-order chi connectivity index (χ1) is 14.5. The van der Waals surface area contributed by atoms with E-state index in [1.807, 2.05) is 31.1 Å².